The van der Waals surface area contributed by atoms with E-state index in [1.807, 2.05) is 0 Å². The van der Waals surface area contributed by atoms with Crippen LogP contribution in [0.25, 0.3) is 0 Å². The maximum absolute atomic E-state index is 2.31. The number of allylic oxidation sites excluding steroid dienone is 2. The molecule has 1 heterocycles. The summed E-state index contributed by atoms with van der Waals surface area (Å²) in [5.41, 5.74) is 1.38. The predicted molar refractivity (Wildman–Crippen MR) is 44.7 cm³/mol. The van der Waals surface area contributed by atoms with Crippen molar-refractivity contribution in [2.45, 2.75) is 26.3 Å². The van der Waals surface area contributed by atoms with Gasteiger partial charge in [0, 0.05) is 13.1 Å². The Morgan fingerprint density at radius 1 is 1.60 bits per heavy atom. The molecular weight excluding hydrogens is 122 g/mol. The van der Waals surface area contributed by atoms with Gasteiger partial charge >= 0.3 is 0 Å². The van der Waals surface area contributed by atoms with Gasteiger partial charge in [0.25, 0.3) is 0 Å². The molecule has 0 radical (unpaired) electrons. The van der Waals surface area contributed by atoms with Crippen molar-refractivity contribution in [3.05, 3.63) is 23.9 Å². The molecule has 0 aliphatic carbocycles. The Hall–Kier alpha value is -0.720. The van der Waals surface area contributed by atoms with Crippen molar-refractivity contribution in [1.82, 2.24) is 4.90 Å². The van der Waals surface area contributed by atoms with E-state index in [0.29, 0.717) is 6.04 Å². The number of rotatable bonds is 1. The Bertz CT molecular complexity index is 168. The van der Waals surface area contributed by atoms with Gasteiger partial charge in [-0.25, -0.2) is 0 Å². The molecular formula is C9H15N. The molecule has 10 heavy (non-hydrogen) atoms. The van der Waals surface area contributed by atoms with Gasteiger partial charge in [0.05, 0.1) is 0 Å². The standard InChI is InChI=1S/C9H15N/c1-4-9-7-8(2)5-6-10(9)3/h5-7,9H,4H2,1-3H3. The molecule has 1 rings (SSSR count). The highest BCUT2D eigenvalue weighted by atomic mass is 15.1. The minimum atomic E-state index is 0.616. The van der Waals surface area contributed by atoms with Gasteiger partial charge in [-0.1, -0.05) is 18.6 Å². The first-order chi connectivity index (χ1) is 4.74. The molecule has 0 amide bonds. The first-order valence-electron chi connectivity index (χ1n) is 3.82. The van der Waals surface area contributed by atoms with E-state index in [4.69, 9.17) is 0 Å². The van der Waals surface area contributed by atoms with Gasteiger partial charge in [-0.3, -0.25) is 0 Å². The molecule has 56 valence electrons. The molecule has 0 aromatic heterocycles. The van der Waals surface area contributed by atoms with Crippen molar-refractivity contribution in [2.24, 2.45) is 0 Å². The summed E-state index contributed by atoms with van der Waals surface area (Å²) in [5, 5.41) is 0. The minimum absolute atomic E-state index is 0.616. The minimum Gasteiger partial charge on any atom is -0.374 e. The van der Waals surface area contributed by atoms with Gasteiger partial charge in [-0.2, -0.15) is 0 Å². The van der Waals surface area contributed by atoms with E-state index in [9.17, 15) is 0 Å². The Morgan fingerprint density at radius 3 is 2.80 bits per heavy atom. The summed E-state index contributed by atoms with van der Waals surface area (Å²) in [6, 6.07) is 0.616. The second-order valence-corrected chi connectivity index (χ2v) is 2.87. The maximum atomic E-state index is 2.31. The number of nitrogens with zero attached hydrogens (tertiary/aromatic N) is 1. The zero-order valence-electron chi connectivity index (χ0n) is 6.96. The summed E-state index contributed by atoms with van der Waals surface area (Å²) >= 11 is 0. The van der Waals surface area contributed by atoms with Crippen LogP contribution < -0.4 is 0 Å². The van der Waals surface area contributed by atoms with E-state index in [1.54, 1.807) is 0 Å². The maximum Gasteiger partial charge on any atom is 0.0467 e. The summed E-state index contributed by atoms with van der Waals surface area (Å²) in [5.74, 6) is 0. The highest BCUT2D eigenvalue weighted by Gasteiger charge is 2.08. The average molecular weight is 137 g/mol. The fourth-order valence-electron chi connectivity index (χ4n) is 1.23. The van der Waals surface area contributed by atoms with Gasteiger partial charge in [-0.15, -0.1) is 0 Å². The van der Waals surface area contributed by atoms with E-state index in [2.05, 4.69) is 44.1 Å². The third kappa shape index (κ3) is 1.41. The average Bonchev–Trinajstić information content (AvgIpc) is 1.94. The normalized spacial score (nSPS) is 24.9. The topological polar surface area (TPSA) is 3.24 Å². The lowest BCUT2D eigenvalue weighted by Crippen LogP contribution is -2.26. The highest BCUT2D eigenvalue weighted by Crippen LogP contribution is 2.13. The summed E-state index contributed by atoms with van der Waals surface area (Å²) < 4.78 is 0. The van der Waals surface area contributed by atoms with E-state index in [1.165, 1.54) is 12.0 Å². The van der Waals surface area contributed by atoms with Crippen LogP contribution in [-0.4, -0.2) is 18.0 Å². The second-order valence-electron chi connectivity index (χ2n) is 2.87. The van der Waals surface area contributed by atoms with Crippen molar-refractivity contribution < 1.29 is 0 Å². The summed E-state index contributed by atoms with van der Waals surface area (Å²) in [4.78, 5) is 2.24. The molecule has 0 N–H and O–H groups in total. The molecule has 0 aromatic rings. The van der Waals surface area contributed by atoms with Crippen LogP contribution in [0, 0.1) is 0 Å². The zero-order valence-corrected chi connectivity index (χ0v) is 6.96. The summed E-state index contributed by atoms with van der Waals surface area (Å²) in [6.07, 6.45) is 7.79. The van der Waals surface area contributed by atoms with Crippen LogP contribution in [0.3, 0.4) is 0 Å². The molecule has 1 nitrogen and oxygen atoms in total. The Kier molecular flexibility index (Phi) is 2.15. The number of hydrogen-bond acceptors (Lipinski definition) is 1. The lowest BCUT2D eigenvalue weighted by Gasteiger charge is -2.26. The monoisotopic (exact) mass is 137 g/mol. The third-order valence-electron chi connectivity index (χ3n) is 1.97. The first-order valence-corrected chi connectivity index (χ1v) is 3.82. The van der Waals surface area contributed by atoms with Crippen LogP contribution in [0.2, 0.25) is 0 Å². The quantitative estimate of drug-likeness (QED) is 0.535. The van der Waals surface area contributed by atoms with Crippen molar-refractivity contribution >= 4 is 0 Å². The molecule has 1 aliphatic rings. The Morgan fingerprint density at radius 2 is 2.30 bits per heavy atom. The van der Waals surface area contributed by atoms with E-state index < -0.39 is 0 Å². The third-order valence-corrected chi connectivity index (χ3v) is 1.97. The smallest absolute Gasteiger partial charge is 0.0467 e. The molecule has 0 saturated carbocycles. The highest BCUT2D eigenvalue weighted by molar-refractivity contribution is 5.22. The van der Waals surface area contributed by atoms with Crippen molar-refractivity contribution in [2.75, 3.05) is 7.05 Å². The number of likely N-dealkylation sites (N-methyl/N-ethyl adjacent to an activating group) is 1. The second kappa shape index (κ2) is 2.91. The first kappa shape index (κ1) is 7.39. The Labute approximate surface area is 63.0 Å². The van der Waals surface area contributed by atoms with E-state index >= 15 is 0 Å². The molecule has 0 fully saturated rings. The van der Waals surface area contributed by atoms with Crippen LogP contribution in [0.15, 0.2) is 23.9 Å². The van der Waals surface area contributed by atoms with Gasteiger partial charge < -0.3 is 4.90 Å². The predicted octanol–water partition coefficient (Wildman–Crippen LogP) is 2.17. The molecule has 1 aliphatic heterocycles. The number of hydrogen-bond donors (Lipinski definition) is 0. The van der Waals surface area contributed by atoms with Crippen LogP contribution in [-0.2, 0) is 0 Å². The van der Waals surface area contributed by atoms with Crippen LogP contribution >= 0.6 is 0 Å². The van der Waals surface area contributed by atoms with Crippen LogP contribution in [0.1, 0.15) is 20.3 Å². The molecule has 0 spiro atoms. The zero-order chi connectivity index (χ0) is 7.56. The molecule has 0 bridgehead atoms. The summed E-state index contributed by atoms with van der Waals surface area (Å²) in [7, 11) is 2.12. The molecule has 1 heteroatoms. The largest absolute Gasteiger partial charge is 0.374 e. The van der Waals surface area contributed by atoms with Gasteiger partial charge in [0.2, 0.25) is 0 Å². The van der Waals surface area contributed by atoms with Crippen LogP contribution in [0.5, 0.6) is 0 Å². The molecule has 1 unspecified atom stereocenters. The van der Waals surface area contributed by atoms with Crippen molar-refractivity contribution in [3.8, 4) is 0 Å². The lowest BCUT2D eigenvalue weighted by atomic mass is 10.1. The SMILES string of the molecule is CCC1C=C(C)C=CN1C. The van der Waals surface area contributed by atoms with E-state index in [0.717, 1.165) is 0 Å². The molecule has 0 saturated heterocycles. The molecule has 1 atom stereocenters. The van der Waals surface area contributed by atoms with Gasteiger partial charge in [-0.05, 0) is 25.6 Å². The fraction of sp³-hybridized carbons (Fsp3) is 0.556. The van der Waals surface area contributed by atoms with Gasteiger partial charge in [0.15, 0.2) is 0 Å². The fourth-order valence-corrected chi connectivity index (χ4v) is 1.23. The Balaban J connectivity index is 2.67. The lowest BCUT2D eigenvalue weighted by molar-refractivity contribution is 0.369. The summed E-state index contributed by atoms with van der Waals surface area (Å²) in [6.45, 7) is 4.36. The van der Waals surface area contributed by atoms with Gasteiger partial charge in [0.1, 0.15) is 0 Å². The van der Waals surface area contributed by atoms with Crippen molar-refractivity contribution in [1.29, 1.82) is 0 Å². The molecule has 0 aromatic carbocycles. The van der Waals surface area contributed by atoms with Crippen molar-refractivity contribution in [3.63, 3.8) is 0 Å². The van der Waals surface area contributed by atoms with E-state index in [-0.39, 0.29) is 0 Å². The van der Waals surface area contributed by atoms with Crippen LogP contribution in [0.4, 0.5) is 0 Å².